The number of ether oxygens (including phenoxy) is 3. The zero-order valence-corrected chi connectivity index (χ0v) is 36.3. The smallest absolute Gasteiger partial charge is 0.306 e. The van der Waals surface area contributed by atoms with E-state index in [1.54, 1.807) is 0 Å². The molecule has 0 spiro atoms. The second-order valence-electron chi connectivity index (χ2n) is 14.3. The number of hydrogen-bond donors (Lipinski definition) is 0. The molecule has 0 N–H and O–H groups in total. The van der Waals surface area contributed by atoms with Crippen LogP contribution in [0.25, 0.3) is 0 Å². The van der Waals surface area contributed by atoms with E-state index < -0.39 is 6.10 Å². The van der Waals surface area contributed by atoms with E-state index in [-0.39, 0.29) is 37.5 Å². The lowest BCUT2D eigenvalue weighted by Gasteiger charge is -2.18. The van der Waals surface area contributed by atoms with Gasteiger partial charge >= 0.3 is 17.9 Å². The third kappa shape index (κ3) is 43.0. The molecule has 1 unspecified atom stereocenters. The van der Waals surface area contributed by atoms with Crippen LogP contribution in [0.2, 0.25) is 0 Å². The third-order valence-electron chi connectivity index (χ3n) is 8.87. The Labute approximate surface area is 349 Å². The number of carbonyl (C=O) groups is 3. The quantitative estimate of drug-likeness (QED) is 0.0204. The van der Waals surface area contributed by atoms with Crippen molar-refractivity contribution in [2.75, 3.05) is 13.2 Å². The van der Waals surface area contributed by atoms with Crippen molar-refractivity contribution in [1.82, 2.24) is 0 Å². The van der Waals surface area contributed by atoms with Crippen molar-refractivity contribution >= 4 is 17.9 Å². The summed E-state index contributed by atoms with van der Waals surface area (Å²) in [4.78, 5) is 37.7. The van der Waals surface area contributed by atoms with Crippen LogP contribution in [0.5, 0.6) is 0 Å². The van der Waals surface area contributed by atoms with Gasteiger partial charge in [0.05, 0.1) is 0 Å². The molecule has 0 heterocycles. The van der Waals surface area contributed by atoms with Gasteiger partial charge < -0.3 is 14.2 Å². The number of esters is 3. The second-order valence-corrected chi connectivity index (χ2v) is 14.3. The minimum absolute atomic E-state index is 0.115. The van der Waals surface area contributed by atoms with Crippen molar-refractivity contribution in [2.45, 2.75) is 181 Å². The summed E-state index contributed by atoms with van der Waals surface area (Å²) in [5.74, 6) is -1.02. The van der Waals surface area contributed by atoms with Gasteiger partial charge in [0.1, 0.15) is 13.2 Å². The summed E-state index contributed by atoms with van der Waals surface area (Å²) in [6.45, 7) is 6.24. The van der Waals surface area contributed by atoms with Gasteiger partial charge in [-0.25, -0.2) is 0 Å². The van der Waals surface area contributed by atoms with Crippen molar-refractivity contribution < 1.29 is 28.6 Å². The first-order valence-corrected chi connectivity index (χ1v) is 22.5. The van der Waals surface area contributed by atoms with Crippen LogP contribution in [0.3, 0.4) is 0 Å². The average Bonchev–Trinajstić information content (AvgIpc) is 3.21. The van der Waals surface area contributed by atoms with Crippen LogP contribution in [0.4, 0.5) is 0 Å². The highest BCUT2D eigenvalue weighted by Crippen LogP contribution is 2.11. The molecule has 0 aliphatic rings. The molecule has 320 valence electrons. The molecule has 6 heteroatoms. The van der Waals surface area contributed by atoms with Crippen LogP contribution >= 0.6 is 0 Å². The number of carbonyl (C=O) groups excluding carboxylic acids is 3. The van der Waals surface area contributed by atoms with E-state index in [1.807, 2.05) is 48.6 Å². The maximum atomic E-state index is 12.7. The Balaban J connectivity index is 4.56. The van der Waals surface area contributed by atoms with Crippen LogP contribution in [-0.4, -0.2) is 37.2 Å². The number of unbranched alkanes of at least 4 members (excludes halogenated alkanes) is 13. The maximum Gasteiger partial charge on any atom is 0.306 e. The van der Waals surface area contributed by atoms with E-state index in [2.05, 4.69) is 81.5 Å². The minimum Gasteiger partial charge on any atom is -0.462 e. The fourth-order valence-corrected chi connectivity index (χ4v) is 5.53. The summed E-state index contributed by atoms with van der Waals surface area (Å²) in [5.41, 5.74) is 0. The summed E-state index contributed by atoms with van der Waals surface area (Å²) in [7, 11) is 0. The Morgan fingerprint density at radius 3 is 1.35 bits per heavy atom. The molecule has 0 radical (unpaired) electrons. The summed E-state index contributed by atoms with van der Waals surface area (Å²) < 4.78 is 16.6. The highest BCUT2D eigenvalue weighted by molar-refractivity contribution is 5.71. The van der Waals surface area contributed by atoms with E-state index >= 15 is 0 Å². The van der Waals surface area contributed by atoms with E-state index in [9.17, 15) is 14.4 Å². The SMILES string of the molecule is CC\C=C/C=C\C=C/C=C\C=C/CCCCCC(=O)OCC(COC(=O)CCCCCCC/C=C\CCCCC)OC(=O)CCCC/C=C\C/C=C\C/C=C\CC. The van der Waals surface area contributed by atoms with Crippen LogP contribution in [0, 0.1) is 0 Å². The van der Waals surface area contributed by atoms with Gasteiger partial charge in [-0.05, 0) is 96.3 Å². The molecule has 0 rings (SSSR count). The Bertz CT molecular complexity index is 1230. The van der Waals surface area contributed by atoms with Gasteiger partial charge in [0.2, 0.25) is 0 Å². The average molecular weight is 789 g/mol. The lowest BCUT2D eigenvalue weighted by molar-refractivity contribution is -0.167. The molecule has 0 bridgehead atoms. The van der Waals surface area contributed by atoms with Crippen LogP contribution in [0.15, 0.2) is 109 Å². The molecule has 0 aromatic carbocycles. The van der Waals surface area contributed by atoms with E-state index in [4.69, 9.17) is 14.2 Å². The molecule has 0 saturated heterocycles. The summed E-state index contributed by atoms with van der Waals surface area (Å²) in [6, 6.07) is 0. The fraction of sp³-hybridized carbons (Fsp3) is 0.588. The Hall–Kier alpha value is -3.93. The van der Waals surface area contributed by atoms with Crippen LogP contribution < -0.4 is 0 Å². The Kier molecular flexibility index (Phi) is 41.7. The highest BCUT2D eigenvalue weighted by atomic mass is 16.6. The van der Waals surface area contributed by atoms with Crippen LogP contribution in [-0.2, 0) is 28.6 Å². The molecule has 0 aliphatic carbocycles. The lowest BCUT2D eigenvalue weighted by Crippen LogP contribution is -2.30. The first-order valence-electron chi connectivity index (χ1n) is 22.5. The largest absolute Gasteiger partial charge is 0.462 e. The molecule has 0 amide bonds. The normalized spacial score (nSPS) is 13.1. The van der Waals surface area contributed by atoms with Crippen molar-refractivity contribution in [2.24, 2.45) is 0 Å². The molecule has 0 aromatic heterocycles. The minimum atomic E-state index is -0.818. The van der Waals surface area contributed by atoms with E-state index in [0.717, 1.165) is 96.3 Å². The molecule has 0 aliphatic heterocycles. The molecule has 0 saturated carbocycles. The van der Waals surface area contributed by atoms with E-state index in [0.29, 0.717) is 19.3 Å². The number of rotatable bonds is 38. The predicted octanol–water partition coefficient (Wildman–Crippen LogP) is 14.4. The molecule has 0 fully saturated rings. The van der Waals surface area contributed by atoms with Gasteiger partial charge in [0.25, 0.3) is 0 Å². The van der Waals surface area contributed by atoms with Gasteiger partial charge in [-0.1, -0.05) is 169 Å². The Morgan fingerprint density at radius 1 is 0.386 bits per heavy atom. The zero-order chi connectivity index (χ0) is 41.5. The topological polar surface area (TPSA) is 78.9 Å². The van der Waals surface area contributed by atoms with Crippen molar-refractivity contribution in [3.63, 3.8) is 0 Å². The molecule has 57 heavy (non-hydrogen) atoms. The number of hydrogen-bond acceptors (Lipinski definition) is 6. The first-order chi connectivity index (χ1) is 28.0. The second kappa shape index (κ2) is 44.8. The van der Waals surface area contributed by atoms with Gasteiger partial charge in [-0.15, -0.1) is 0 Å². The summed E-state index contributed by atoms with van der Waals surface area (Å²) in [5, 5.41) is 0. The fourth-order valence-electron chi connectivity index (χ4n) is 5.53. The van der Waals surface area contributed by atoms with Gasteiger partial charge in [-0.2, -0.15) is 0 Å². The molecule has 0 aromatic rings. The summed E-state index contributed by atoms with van der Waals surface area (Å²) >= 11 is 0. The maximum absolute atomic E-state index is 12.7. The van der Waals surface area contributed by atoms with Gasteiger partial charge in [-0.3, -0.25) is 14.4 Å². The lowest BCUT2D eigenvalue weighted by atomic mass is 10.1. The van der Waals surface area contributed by atoms with Crippen molar-refractivity contribution in [3.8, 4) is 0 Å². The summed E-state index contributed by atoms with van der Waals surface area (Å²) in [6.07, 6.45) is 59.3. The van der Waals surface area contributed by atoms with Crippen molar-refractivity contribution in [1.29, 1.82) is 0 Å². The standard InChI is InChI=1S/C51H80O6/c1-4-7-10-13-16-19-22-25-26-27-30-32-35-38-41-44-50(53)56-47-48(57-51(54)45-42-39-36-33-29-24-21-18-15-12-9-6-3)46-55-49(52)43-40-37-34-31-28-23-20-17-14-11-8-5-2/h7,9-10,12-13,16-22,25-27,29-30,33,48H,4-6,8,11,14-15,23-24,28,31-32,34-47H2,1-3H3/b10-7-,12-9-,16-13-,20-17-,21-18-,22-19-,26-25-,30-27-,33-29-. The number of allylic oxidation sites excluding steroid dienone is 18. The Morgan fingerprint density at radius 2 is 0.772 bits per heavy atom. The predicted molar refractivity (Wildman–Crippen MR) is 242 cm³/mol. The zero-order valence-electron chi connectivity index (χ0n) is 36.3. The molecular formula is C51H80O6. The molecular weight excluding hydrogens is 709 g/mol. The van der Waals surface area contributed by atoms with Crippen LogP contribution in [0.1, 0.15) is 175 Å². The van der Waals surface area contributed by atoms with E-state index in [1.165, 1.54) is 32.1 Å². The molecule has 6 nitrogen and oxygen atoms in total. The monoisotopic (exact) mass is 789 g/mol. The highest BCUT2D eigenvalue weighted by Gasteiger charge is 2.19. The third-order valence-corrected chi connectivity index (χ3v) is 8.87. The van der Waals surface area contributed by atoms with Gasteiger partial charge in [0, 0.05) is 19.3 Å². The van der Waals surface area contributed by atoms with Gasteiger partial charge in [0.15, 0.2) is 6.10 Å². The molecule has 1 atom stereocenters. The van der Waals surface area contributed by atoms with Crippen molar-refractivity contribution in [3.05, 3.63) is 109 Å². The first kappa shape index (κ1) is 53.1.